The Hall–Kier alpha value is -1.02. The van der Waals surface area contributed by atoms with Gasteiger partial charge in [0.05, 0.1) is 5.03 Å². The Labute approximate surface area is 177 Å². The summed E-state index contributed by atoms with van der Waals surface area (Å²) in [6.45, 7) is 0.969. The second kappa shape index (κ2) is 8.78. The average Bonchev–Trinajstić information content (AvgIpc) is 2.54. The van der Waals surface area contributed by atoms with Crippen molar-refractivity contribution in [3.05, 3.63) is 56.3 Å². The molecule has 0 amide bonds. The third-order valence-electron chi connectivity index (χ3n) is 4.04. The van der Waals surface area contributed by atoms with Crippen molar-refractivity contribution in [1.29, 1.82) is 0 Å². The number of allylic oxidation sites excluding steroid dienone is 4. The summed E-state index contributed by atoms with van der Waals surface area (Å²) in [7, 11) is 0. The summed E-state index contributed by atoms with van der Waals surface area (Å²) in [4.78, 5) is 24.4. The molecule has 0 fully saturated rings. The number of alkyl halides is 3. The van der Waals surface area contributed by atoms with E-state index >= 15 is 0 Å². The van der Waals surface area contributed by atoms with Crippen molar-refractivity contribution in [3.8, 4) is 0 Å². The second-order valence-electron chi connectivity index (χ2n) is 6.10. The molecular weight excluding hydrogens is 463 g/mol. The Bertz CT molecular complexity index is 860. The first-order valence-corrected chi connectivity index (χ1v) is 9.79. The highest BCUT2D eigenvalue weighted by Gasteiger charge is 2.58. The zero-order chi connectivity index (χ0) is 21.3. The lowest BCUT2D eigenvalue weighted by molar-refractivity contribution is -0.166. The number of carbonyl (C=O) groups is 2. The van der Waals surface area contributed by atoms with E-state index in [2.05, 4.69) is 0 Å². The van der Waals surface area contributed by atoms with E-state index in [1.54, 1.807) is 0 Å². The van der Waals surface area contributed by atoms with E-state index in [-0.39, 0.29) is 45.3 Å². The molecule has 2 nitrogen and oxygen atoms in total. The topological polar surface area (TPSA) is 34.1 Å². The van der Waals surface area contributed by atoms with Crippen molar-refractivity contribution in [2.75, 3.05) is 0 Å². The number of rotatable bonds is 5. The molecule has 152 valence electrons. The lowest BCUT2D eigenvalue weighted by Gasteiger charge is -2.35. The zero-order valence-corrected chi connectivity index (χ0v) is 17.4. The van der Waals surface area contributed by atoms with Crippen molar-refractivity contribution in [1.82, 2.24) is 0 Å². The van der Waals surface area contributed by atoms with Crippen LogP contribution in [0.2, 0.25) is 10.0 Å². The summed E-state index contributed by atoms with van der Waals surface area (Å²) in [5.41, 5.74) is -0.465. The molecule has 0 radical (unpaired) electrons. The number of thioether (sulfide) groups is 1. The number of benzene rings is 1. The van der Waals surface area contributed by atoms with Crippen LogP contribution in [0.1, 0.15) is 31.7 Å². The van der Waals surface area contributed by atoms with Gasteiger partial charge in [-0.25, -0.2) is 4.39 Å². The first kappa shape index (κ1) is 23.3. The van der Waals surface area contributed by atoms with Gasteiger partial charge in [-0.15, -0.1) is 0 Å². The highest BCUT2D eigenvalue weighted by atomic mass is 35.5. The summed E-state index contributed by atoms with van der Waals surface area (Å²) >= 11 is 17.4. The smallest absolute Gasteiger partial charge is 0.294 e. The van der Waals surface area contributed by atoms with Crippen molar-refractivity contribution in [2.45, 2.75) is 37.1 Å². The molecule has 0 bridgehead atoms. The molecule has 0 aliphatic heterocycles. The third kappa shape index (κ3) is 5.12. The summed E-state index contributed by atoms with van der Waals surface area (Å²) in [5.74, 6) is -1.53. The molecular formula is C18H13Cl3F4O2S. The molecule has 1 aliphatic rings. The summed E-state index contributed by atoms with van der Waals surface area (Å²) in [5, 5.41) is -1.22. The molecule has 1 unspecified atom stereocenters. The maximum absolute atomic E-state index is 14.2. The van der Waals surface area contributed by atoms with Gasteiger partial charge in [-0.3, -0.25) is 9.59 Å². The van der Waals surface area contributed by atoms with E-state index in [0.29, 0.717) is 0 Å². The Morgan fingerprint density at radius 1 is 1.11 bits per heavy atom. The zero-order valence-electron chi connectivity index (χ0n) is 14.3. The van der Waals surface area contributed by atoms with Gasteiger partial charge >= 0.3 is 6.18 Å². The molecule has 0 saturated carbocycles. The van der Waals surface area contributed by atoms with Gasteiger partial charge in [0.1, 0.15) is 5.83 Å². The Morgan fingerprint density at radius 3 is 2.14 bits per heavy atom. The van der Waals surface area contributed by atoms with Crippen LogP contribution in [-0.2, 0) is 14.3 Å². The first-order valence-electron chi connectivity index (χ1n) is 7.84. The monoisotopic (exact) mass is 474 g/mol. The Kier molecular flexibility index (Phi) is 7.29. The molecule has 1 aromatic carbocycles. The Morgan fingerprint density at radius 2 is 1.68 bits per heavy atom. The number of hydrogen-bond acceptors (Lipinski definition) is 3. The number of carbonyl (C=O) groups excluding carboxylic acids is 2. The molecule has 0 N–H and O–H groups in total. The molecule has 0 spiro atoms. The van der Waals surface area contributed by atoms with Crippen LogP contribution in [0.3, 0.4) is 0 Å². The van der Waals surface area contributed by atoms with Crippen LogP contribution in [0.5, 0.6) is 0 Å². The highest BCUT2D eigenvalue weighted by molar-refractivity contribution is 8.14. The SMILES string of the molecule is CC(=O)SC(CC(=O)C1=CCC(F)=C(Cl)C1)(c1cc(Cl)cc(Cl)c1)C(F)(F)F. The van der Waals surface area contributed by atoms with Gasteiger partial charge in [-0.2, -0.15) is 13.2 Å². The van der Waals surface area contributed by atoms with E-state index in [4.69, 9.17) is 34.8 Å². The minimum absolute atomic E-state index is 0.0302. The minimum atomic E-state index is -4.99. The molecule has 0 heterocycles. The largest absolute Gasteiger partial charge is 0.408 e. The predicted molar refractivity (Wildman–Crippen MR) is 103 cm³/mol. The van der Waals surface area contributed by atoms with Crippen LogP contribution in [0.25, 0.3) is 0 Å². The van der Waals surface area contributed by atoms with Gasteiger partial charge in [0.15, 0.2) is 15.6 Å². The van der Waals surface area contributed by atoms with E-state index < -0.39 is 39.6 Å². The van der Waals surface area contributed by atoms with Gasteiger partial charge in [0.2, 0.25) is 0 Å². The molecule has 10 heteroatoms. The summed E-state index contributed by atoms with van der Waals surface area (Å²) < 4.78 is 53.2. The number of ketones is 1. The van der Waals surface area contributed by atoms with Crippen LogP contribution in [0.4, 0.5) is 17.6 Å². The number of halogens is 7. The van der Waals surface area contributed by atoms with Crippen LogP contribution in [-0.4, -0.2) is 17.1 Å². The molecule has 1 atom stereocenters. The lowest BCUT2D eigenvalue weighted by atomic mass is 9.88. The van der Waals surface area contributed by atoms with Crippen LogP contribution in [0.15, 0.2) is 40.7 Å². The lowest BCUT2D eigenvalue weighted by Crippen LogP contribution is -2.42. The van der Waals surface area contributed by atoms with Crippen LogP contribution in [0, 0.1) is 0 Å². The van der Waals surface area contributed by atoms with Gasteiger partial charge in [-0.05, 0) is 29.3 Å². The molecule has 1 aromatic rings. The Balaban J connectivity index is 2.55. The highest BCUT2D eigenvalue weighted by Crippen LogP contribution is 2.54. The second-order valence-corrected chi connectivity index (χ2v) is 8.90. The summed E-state index contributed by atoms with van der Waals surface area (Å²) in [6.07, 6.45) is -5.46. The fourth-order valence-electron chi connectivity index (χ4n) is 2.76. The quantitative estimate of drug-likeness (QED) is 0.425. The van der Waals surface area contributed by atoms with E-state index in [9.17, 15) is 27.2 Å². The molecule has 28 heavy (non-hydrogen) atoms. The summed E-state index contributed by atoms with van der Waals surface area (Å²) in [6, 6.07) is 3.28. The van der Waals surface area contributed by atoms with Gasteiger partial charge in [0, 0.05) is 36.2 Å². The maximum Gasteiger partial charge on any atom is 0.408 e. The predicted octanol–water partition coefficient (Wildman–Crippen LogP) is 7.13. The van der Waals surface area contributed by atoms with E-state index in [0.717, 1.165) is 19.1 Å². The van der Waals surface area contributed by atoms with E-state index in [1.165, 1.54) is 12.1 Å². The minimum Gasteiger partial charge on any atom is -0.294 e. The van der Waals surface area contributed by atoms with Crippen LogP contribution < -0.4 is 0 Å². The van der Waals surface area contributed by atoms with Crippen molar-refractivity contribution in [2.24, 2.45) is 0 Å². The van der Waals surface area contributed by atoms with Crippen molar-refractivity contribution >= 4 is 57.5 Å². The molecule has 0 aromatic heterocycles. The fraction of sp³-hybridized carbons (Fsp3) is 0.333. The molecule has 2 rings (SSSR count). The average molecular weight is 476 g/mol. The van der Waals surface area contributed by atoms with Gasteiger partial charge in [0.25, 0.3) is 0 Å². The molecule has 0 saturated heterocycles. The van der Waals surface area contributed by atoms with Crippen LogP contribution >= 0.6 is 46.6 Å². The van der Waals surface area contributed by atoms with Crippen molar-refractivity contribution < 1.29 is 27.2 Å². The standard InChI is InChI=1S/C18H13Cl3F4O2S/c1-9(26)28-17(18(23,24)25,11-5-12(19)7-13(20)6-11)8-16(27)10-2-3-15(22)14(21)4-10/h2,5-7H,3-4,8H2,1H3. The third-order valence-corrected chi connectivity index (χ3v) is 6.06. The fourth-order valence-corrected chi connectivity index (χ4v) is 4.55. The molecule has 1 aliphatic carbocycles. The van der Waals surface area contributed by atoms with Gasteiger partial charge in [-0.1, -0.05) is 52.6 Å². The normalized spacial score (nSPS) is 17.2. The number of hydrogen-bond donors (Lipinski definition) is 0. The van der Waals surface area contributed by atoms with Gasteiger partial charge < -0.3 is 0 Å². The van der Waals surface area contributed by atoms with E-state index in [1.807, 2.05) is 0 Å². The first-order chi connectivity index (χ1) is 12.9. The maximum atomic E-state index is 14.2. The number of Topliss-reactive ketones (excluding diaryl/α,β-unsaturated/α-hetero) is 1. The van der Waals surface area contributed by atoms with Crippen molar-refractivity contribution in [3.63, 3.8) is 0 Å².